The maximum absolute atomic E-state index is 13.4. The van der Waals surface area contributed by atoms with Crippen LogP contribution in [0.4, 0.5) is 0 Å². The van der Waals surface area contributed by atoms with Crippen LogP contribution < -0.4 is 16.8 Å². The van der Waals surface area contributed by atoms with Crippen molar-refractivity contribution in [2.24, 2.45) is 11.5 Å². The molecule has 2 fully saturated rings. The van der Waals surface area contributed by atoms with Crippen LogP contribution in [0.5, 0.6) is 0 Å². The van der Waals surface area contributed by atoms with Crippen LogP contribution in [0, 0.1) is 0 Å². The number of primary amides is 1. The van der Waals surface area contributed by atoms with Crippen LogP contribution in [0.25, 0.3) is 0 Å². The Labute approximate surface area is 202 Å². The summed E-state index contributed by atoms with van der Waals surface area (Å²) in [5, 5.41) is 2.76. The number of rotatable bonds is 9. The highest BCUT2D eigenvalue weighted by atomic mass is 16.5. The van der Waals surface area contributed by atoms with E-state index in [1.165, 1.54) is 0 Å². The van der Waals surface area contributed by atoms with Crippen molar-refractivity contribution in [2.45, 2.75) is 69.7 Å². The van der Waals surface area contributed by atoms with E-state index < -0.39 is 23.0 Å². The summed E-state index contributed by atoms with van der Waals surface area (Å²) in [4.78, 5) is 42.4. The number of amides is 3. The van der Waals surface area contributed by atoms with Crippen LogP contribution in [0.1, 0.15) is 51.5 Å². The van der Waals surface area contributed by atoms with Crippen molar-refractivity contribution in [3.8, 4) is 0 Å². The van der Waals surface area contributed by atoms with E-state index in [2.05, 4.69) is 10.2 Å². The van der Waals surface area contributed by atoms with Gasteiger partial charge in [0.25, 0.3) is 0 Å². The van der Waals surface area contributed by atoms with E-state index in [9.17, 15) is 14.4 Å². The Morgan fingerprint density at radius 3 is 2.24 bits per heavy atom. The largest absolute Gasteiger partial charge is 0.374 e. The zero-order valence-electron chi connectivity index (χ0n) is 20.4. The molecule has 0 spiro atoms. The summed E-state index contributed by atoms with van der Waals surface area (Å²) in [5.41, 5.74) is 11.0. The van der Waals surface area contributed by atoms with Gasteiger partial charge in [-0.1, -0.05) is 36.8 Å². The van der Waals surface area contributed by atoms with E-state index in [1.54, 1.807) is 18.7 Å². The first-order chi connectivity index (χ1) is 16.1. The fraction of sp³-hybridized carbons (Fsp3) is 0.640. The van der Waals surface area contributed by atoms with Gasteiger partial charge in [-0.15, -0.1) is 0 Å². The Balaban J connectivity index is 1.66. The molecule has 2 aliphatic rings. The molecule has 2 heterocycles. The van der Waals surface area contributed by atoms with Gasteiger partial charge in [0.05, 0.1) is 18.8 Å². The third-order valence-electron chi connectivity index (χ3n) is 6.91. The predicted molar refractivity (Wildman–Crippen MR) is 129 cm³/mol. The molecule has 3 rings (SSSR count). The van der Waals surface area contributed by atoms with Crippen LogP contribution >= 0.6 is 0 Å². The zero-order valence-corrected chi connectivity index (χ0v) is 20.4. The summed E-state index contributed by atoms with van der Waals surface area (Å²) < 4.78 is 5.80. The van der Waals surface area contributed by atoms with Crippen LogP contribution in [-0.4, -0.2) is 77.4 Å². The number of likely N-dealkylation sites (tertiary alicyclic amines) is 2. The Morgan fingerprint density at radius 1 is 1.06 bits per heavy atom. The Bertz CT molecular complexity index is 841. The SMILES string of the molecule is CC(C)(N)C(=O)N[C@H](COCc1ccccc1)C(=O)N1CCC(C(N)=O)(N2CCCCC2)CC1. The first kappa shape index (κ1) is 26.1. The molecule has 2 aliphatic heterocycles. The molecule has 1 aromatic rings. The normalized spacial score (nSPS) is 19.9. The number of hydrogen-bond acceptors (Lipinski definition) is 6. The second kappa shape index (κ2) is 11.3. The van der Waals surface area contributed by atoms with E-state index in [1.807, 2.05) is 30.3 Å². The van der Waals surface area contributed by atoms with Crippen molar-refractivity contribution >= 4 is 17.7 Å². The van der Waals surface area contributed by atoms with Gasteiger partial charge in [-0.3, -0.25) is 19.3 Å². The molecule has 188 valence electrons. The molecule has 0 unspecified atom stereocenters. The molecule has 9 nitrogen and oxygen atoms in total. The minimum absolute atomic E-state index is 0.0269. The van der Waals surface area contributed by atoms with Gasteiger partial charge in [0.1, 0.15) is 11.6 Å². The predicted octanol–water partition coefficient (Wildman–Crippen LogP) is 0.758. The Hall–Kier alpha value is -2.49. The van der Waals surface area contributed by atoms with Gasteiger partial charge >= 0.3 is 0 Å². The highest BCUT2D eigenvalue weighted by Crippen LogP contribution is 2.31. The van der Waals surface area contributed by atoms with Crippen molar-refractivity contribution in [1.82, 2.24) is 15.1 Å². The average molecular weight is 474 g/mol. The fourth-order valence-electron chi connectivity index (χ4n) is 4.75. The summed E-state index contributed by atoms with van der Waals surface area (Å²) in [5.74, 6) is -0.976. The number of ether oxygens (including phenoxy) is 1. The van der Waals surface area contributed by atoms with Crippen molar-refractivity contribution < 1.29 is 19.1 Å². The van der Waals surface area contributed by atoms with E-state index in [4.69, 9.17) is 16.2 Å². The lowest BCUT2D eigenvalue weighted by atomic mass is 9.83. The molecule has 5 N–H and O–H groups in total. The summed E-state index contributed by atoms with van der Waals surface area (Å²) in [6, 6.07) is 8.77. The third-order valence-corrected chi connectivity index (χ3v) is 6.91. The van der Waals surface area contributed by atoms with Crippen LogP contribution in [0.15, 0.2) is 30.3 Å². The molecule has 0 radical (unpaired) electrons. The summed E-state index contributed by atoms with van der Waals surface area (Å²) >= 11 is 0. The van der Waals surface area contributed by atoms with Gasteiger partial charge in [-0.05, 0) is 58.2 Å². The van der Waals surface area contributed by atoms with Crippen molar-refractivity contribution in [1.29, 1.82) is 0 Å². The number of piperidine rings is 2. The summed E-state index contributed by atoms with van der Waals surface area (Å²) in [6.07, 6.45) is 4.25. The molecule has 0 aliphatic carbocycles. The molecule has 3 amide bonds. The van der Waals surface area contributed by atoms with Crippen LogP contribution in [0.2, 0.25) is 0 Å². The lowest BCUT2D eigenvalue weighted by molar-refractivity contribution is -0.145. The van der Waals surface area contributed by atoms with Crippen molar-refractivity contribution in [2.75, 3.05) is 32.8 Å². The van der Waals surface area contributed by atoms with Gasteiger partial charge in [0.15, 0.2) is 0 Å². The van der Waals surface area contributed by atoms with Gasteiger partial charge in [-0.25, -0.2) is 0 Å². The number of nitrogens with one attached hydrogen (secondary N) is 1. The molecule has 0 saturated carbocycles. The number of carbonyl (C=O) groups is 3. The smallest absolute Gasteiger partial charge is 0.247 e. The topological polar surface area (TPSA) is 131 Å². The number of nitrogens with two attached hydrogens (primary N) is 2. The molecule has 9 heteroatoms. The monoisotopic (exact) mass is 473 g/mol. The first-order valence-corrected chi connectivity index (χ1v) is 12.2. The first-order valence-electron chi connectivity index (χ1n) is 12.2. The van der Waals surface area contributed by atoms with E-state index >= 15 is 0 Å². The molecular weight excluding hydrogens is 434 g/mol. The number of carbonyl (C=O) groups excluding carboxylic acids is 3. The Kier molecular flexibility index (Phi) is 8.67. The maximum atomic E-state index is 13.4. The van der Waals surface area contributed by atoms with Gasteiger partial charge < -0.3 is 26.4 Å². The quantitative estimate of drug-likeness (QED) is 0.485. The van der Waals surface area contributed by atoms with E-state index in [0.717, 1.165) is 37.9 Å². The second-order valence-corrected chi connectivity index (χ2v) is 10.0. The molecule has 34 heavy (non-hydrogen) atoms. The van der Waals surface area contributed by atoms with Gasteiger partial charge in [0, 0.05) is 13.1 Å². The van der Waals surface area contributed by atoms with Crippen LogP contribution in [-0.2, 0) is 25.7 Å². The van der Waals surface area contributed by atoms with Gasteiger partial charge in [0.2, 0.25) is 17.7 Å². The minimum Gasteiger partial charge on any atom is -0.374 e. The average Bonchev–Trinajstić information content (AvgIpc) is 2.83. The van der Waals surface area contributed by atoms with E-state index in [-0.39, 0.29) is 18.4 Å². The molecule has 2 saturated heterocycles. The molecule has 0 aromatic heterocycles. The molecule has 0 bridgehead atoms. The lowest BCUT2D eigenvalue weighted by Crippen LogP contribution is -2.65. The summed E-state index contributed by atoms with van der Waals surface area (Å²) in [6.45, 7) is 6.05. The minimum atomic E-state index is -1.13. The highest BCUT2D eigenvalue weighted by molar-refractivity contribution is 5.92. The second-order valence-electron chi connectivity index (χ2n) is 10.0. The molecule has 1 aromatic carbocycles. The zero-order chi connectivity index (χ0) is 24.8. The maximum Gasteiger partial charge on any atom is 0.247 e. The van der Waals surface area contributed by atoms with Crippen molar-refractivity contribution in [3.05, 3.63) is 35.9 Å². The van der Waals surface area contributed by atoms with E-state index in [0.29, 0.717) is 32.5 Å². The lowest BCUT2D eigenvalue weighted by Gasteiger charge is -2.48. The standard InChI is InChI=1S/C25H39N5O4/c1-24(2,27)23(33)28-20(18-34-17-19-9-5-3-6-10-19)21(31)29-15-11-25(12-16-29,22(26)32)30-13-7-4-8-14-30/h3,5-6,9-10,20H,4,7-8,11-18,27H2,1-2H3,(H2,26,32)(H,28,33)/t20-/m1/s1. The highest BCUT2D eigenvalue weighted by Gasteiger charge is 2.46. The van der Waals surface area contributed by atoms with Crippen LogP contribution in [0.3, 0.4) is 0 Å². The number of benzene rings is 1. The summed E-state index contributed by atoms with van der Waals surface area (Å²) in [7, 11) is 0. The molecule has 1 atom stereocenters. The van der Waals surface area contributed by atoms with Crippen molar-refractivity contribution in [3.63, 3.8) is 0 Å². The fourth-order valence-corrected chi connectivity index (χ4v) is 4.75. The third kappa shape index (κ3) is 6.34. The number of hydrogen-bond donors (Lipinski definition) is 3. The number of nitrogens with zero attached hydrogens (tertiary/aromatic N) is 2. The Morgan fingerprint density at radius 2 is 1.68 bits per heavy atom. The molecular formula is C25H39N5O4. The van der Waals surface area contributed by atoms with Gasteiger partial charge in [-0.2, -0.15) is 0 Å².